The van der Waals surface area contributed by atoms with Crippen molar-refractivity contribution < 1.29 is 17.9 Å². The Kier molecular flexibility index (Phi) is 7.52. The molecule has 0 unspecified atom stereocenters. The minimum atomic E-state index is -4.01. The molecule has 0 atom stereocenters. The molecule has 1 amide bonds. The fourth-order valence-corrected chi connectivity index (χ4v) is 4.64. The van der Waals surface area contributed by atoms with Crippen LogP contribution in [0.4, 0.5) is 5.69 Å². The number of aromatic nitrogens is 2. The van der Waals surface area contributed by atoms with Crippen molar-refractivity contribution in [2.45, 2.75) is 21.9 Å². The van der Waals surface area contributed by atoms with E-state index in [1.165, 1.54) is 12.1 Å². The lowest BCUT2D eigenvalue weighted by Gasteiger charge is -2.07. The Morgan fingerprint density at radius 3 is 2.45 bits per heavy atom. The van der Waals surface area contributed by atoms with Crippen molar-refractivity contribution in [1.29, 1.82) is 0 Å². The molecular formula is C20H18BrN3O5S2. The van der Waals surface area contributed by atoms with Crippen molar-refractivity contribution in [1.82, 2.24) is 9.97 Å². The number of carbonyl (C=O) groups is 1. The van der Waals surface area contributed by atoms with Gasteiger partial charge >= 0.3 is 0 Å². The topological polar surface area (TPSA) is 118 Å². The predicted octanol–water partition coefficient (Wildman–Crippen LogP) is 3.49. The molecule has 1 heterocycles. The van der Waals surface area contributed by atoms with E-state index >= 15 is 0 Å². The maximum absolute atomic E-state index is 12.7. The van der Waals surface area contributed by atoms with Crippen LogP contribution >= 0.6 is 27.7 Å². The number of sulfone groups is 1. The van der Waals surface area contributed by atoms with Crippen LogP contribution in [0.3, 0.4) is 0 Å². The molecule has 0 fully saturated rings. The molecular weight excluding hydrogens is 506 g/mol. The summed E-state index contributed by atoms with van der Waals surface area (Å²) >= 11 is 4.22. The van der Waals surface area contributed by atoms with Gasteiger partial charge in [0.25, 0.3) is 5.56 Å². The Bertz CT molecular complexity index is 1230. The summed E-state index contributed by atoms with van der Waals surface area (Å²) in [7, 11) is -4.01. The van der Waals surface area contributed by atoms with Crippen LogP contribution in [0.2, 0.25) is 0 Å². The number of hydrogen-bond donors (Lipinski definition) is 2. The van der Waals surface area contributed by atoms with E-state index in [9.17, 15) is 18.0 Å². The number of halogens is 1. The SMILES string of the molecule is CCOc1ccc(NC(=O)CSc2ncc(S(=O)(=O)c3ccc(Br)cc3)c(=O)[nH]2)cc1. The van der Waals surface area contributed by atoms with E-state index in [0.29, 0.717) is 22.5 Å². The Morgan fingerprint density at radius 2 is 1.84 bits per heavy atom. The number of benzene rings is 2. The lowest BCUT2D eigenvalue weighted by molar-refractivity contribution is -0.113. The smallest absolute Gasteiger partial charge is 0.270 e. The van der Waals surface area contributed by atoms with Crippen molar-refractivity contribution in [3.05, 3.63) is 69.6 Å². The molecule has 0 radical (unpaired) electrons. The van der Waals surface area contributed by atoms with E-state index in [1.54, 1.807) is 36.4 Å². The molecule has 162 valence electrons. The summed E-state index contributed by atoms with van der Waals surface area (Å²) in [5.41, 5.74) is -0.196. The van der Waals surface area contributed by atoms with E-state index < -0.39 is 20.3 Å². The molecule has 0 spiro atoms. The average Bonchev–Trinajstić information content (AvgIpc) is 2.74. The van der Waals surface area contributed by atoms with E-state index in [2.05, 4.69) is 31.2 Å². The van der Waals surface area contributed by atoms with Gasteiger partial charge in [0.1, 0.15) is 5.75 Å². The summed E-state index contributed by atoms with van der Waals surface area (Å²) in [5, 5.41) is 2.86. The number of H-pyrrole nitrogens is 1. The summed E-state index contributed by atoms with van der Waals surface area (Å²) in [6.45, 7) is 2.44. The maximum atomic E-state index is 12.7. The van der Waals surface area contributed by atoms with Crippen LogP contribution in [0.15, 0.2) is 78.9 Å². The Labute approximate surface area is 191 Å². The number of ether oxygens (including phenoxy) is 1. The zero-order valence-electron chi connectivity index (χ0n) is 16.3. The predicted molar refractivity (Wildman–Crippen MR) is 121 cm³/mol. The summed E-state index contributed by atoms with van der Waals surface area (Å²) in [6, 6.07) is 12.9. The van der Waals surface area contributed by atoms with E-state index in [-0.39, 0.29) is 21.7 Å². The van der Waals surface area contributed by atoms with Crippen LogP contribution in [0.1, 0.15) is 6.92 Å². The highest BCUT2D eigenvalue weighted by atomic mass is 79.9. The molecule has 31 heavy (non-hydrogen) atoms. The summed E-state index contributed by atoms with van der Waals surface area (Å²) in [6.07, 6.45) is 1.00. The van der Waals surface area contributed by atoms with Gasteiger partial charge in [-0.15, -0.1) is 0 Å². The zero-order valence-corrected chi connectivity index (χ0v) is 19.5. The molecule has 11 heteroatoms. The Balaban J connectivity index is 1.64. The first-order valence-electron chi connectivity index (χ1n) is 9.05. The van der Waals surface area contributed by atoms with Gasteiger partial charge in [0.05, 0.1) is 23.5 Å². The molecule has 3 rings (SSSR count). The first-order chi connectivity index (χ1) is 14.8. The molecule has 0 saturated carbocycles. The Hall–Kier alpha value is -2.63. The molecule has 0 aliphatic heterocycles. The second-order valence-electron chi connectivity index (χ2n) is 6.13. The monoisotopic (exact) mass is 523 g/mol. The van der Waals surface area contributed by atoms with Gasteiger partial charge in [-0.2, -0.15) is 0 Å². The third kappa shape index (κ3) is 5.96. The van der Waals surface area contributed by atoms with Crippen molar-refractivity contribution in [3.63, 3.8) is 0 Å². The number of nitrogens with zero attached hydrogens (tertiary/aromatic N) is 1. The molecule has 8 nitrogen and oxygen atoms in total. The largest absolute Gasteiger partial charge is 0.494 e. The molecule has 0 aliphatic rings. The number of anilines is 1. The maximum Gasteiger partial charge on any atom is 0.270 e. The number of rotatable bonds is 8. The van der Waals surface area contributed by atoms with Gasteiger partial charge in [-0.1, -0.05) is 27.7 Å². The van der Waals surface area contributed by atoms with Crippen LogP contribution in [0.25, 0.3) is 0 Å². The van der Waals surface area contributed by atoms with Gasteiger partial charge < -0.3 is 15.0 Å². The van der Waals surface area contributed by atoms with Gasteiger partial charge in [-0.25, -0.2) is 13.4 Å². The lowest BCUT2D eigenvalue weighted by atomic mass is 10.3. The number of thioether (sulfide) groups is 1. The third-order valence-corrected chi connectivity index (χ3v) is 7.12. The first kappa shape index (κ1) is 23.0. The van der Waals surface area contributed by atoms with E-state index in [4.69, 9.17) is 4.74 Å². The fraction of sp³-hybridized carbons (Fsp3) is 0.150. The van der Waals surface area contributed by atoms with Crippen LogP contribution in [0, 0.1) is 0 Å². The number of nitrogens with one attached hydrogen (secondary N) is 2. The molecule has 2 aromatic carbocycles. The van der Waals surface area contributed by atoms with Crippen LogP contribution in [-0.2, 0) is 14.6 Å². The molecule has 0 bridgehead atoms. The highest BCUT2D eigenvalue weighted by Gasteiger charge is 2.22. The minimum Gasteiger partial charge on any atom is -0.494 e. The molecule has 0 aliphatic carbocycles. The van der Waals surface area contributed by atoms with Crippen LogP contribution in [-0.4, -0.2) is 36.7 Å². The quantitative estimate of drug-likeness (QED) is 0.342. The van der Waals surface area contributed by atoms with E-state index in [1.807, 2.05) is 6.92 Å². The highest BCUT2D eigenvalue weighted by molar-refractivity contribution is 9.10. The van der Waals surface area contributed by atoms with Gasteiger partial charge in [-0.05, 0) is 55.5 Å². The lowest BCUT2D eigenvalue weighted by Crippen LogP contribution is -2.20. The third-order valence-electron chi connectivity index (χ3n) is 3.95. The van der Waals surface area contributed by atoms with Crippen LogP contribution < -0.4 is 15.6 Å². The number of carbonyl (C=O) groups excluding carboxylic acids is 1. The van der Waals surface area contributed by atoms with Crippen molar-refractivity contribution in [3.8, 4) is 5.75 Å². The van der Waals surface area contributed by atoms with E-state index in [0.717, 1.165) is 18.0 Å². The molecule has 1 aromatic heterocycles. The Morgan fingerprint density at radius 1 is 1.16 bits per heavy atom. The van der Waals surface area contributed by atoms with Gasteiger partial charge in [0.15, 0.2) is 10.1 Å². The summed E-state index contributed by atoms with van der Waals surface area (Å²) in [5.74, 6) is 0.382. The number of hydrogen-bond acceptors (Lipinski definition) is 7. The highest BCUT2D eigenvalue weighted by Crippen LogP contribution is 2.21. The standard InChI is InChI=1S/C20H18BrN3O5S2/c1-2-29-15-7-5-14(6-8-15)23-18(25)12-30-20-22-11-17(19(26)24-20)31(27,28)16-9-3-13(21)4-10-16/h3-11H,2,12H2,1H3,(H,23,25)(H,22,24,26). The average molecular weight is 524 g/mol. The summed E-state index contributed by atoms with van der Waals surface area (Å²) < 4.78 is 31.4. The van der Waals surface area contributed by atoms with Crippen LogP contribution in [0.5, 0.6) is 5.75 Å². The van der Waals surface area contributed by atoms with Crippen molar-refractivity contribution in [2.75, 3.05) is 17.7 Å². The first-order valence-corrected chi connectivity index (χ1v) is 12.3. The zero-order chi connectivity index (χ0) is 22.4. The van der Waals surface area contributed by atoms with Gasteiger partial charge in [0.2, 0.25) is 15.7 Å². The number of aromatic amines is 1. The van der Waals surface area contributed by atoms with Crippen molar-refractivity contribution >= 4 is 49.1 Å². The molecule has 3 aromatic rings. The van der Waals surface area contributed by atoms with Crippen molar-refractivity contribution in [2.24, 2.45) is 0 Å². The van der Waals surface area contributed by atoms with Gasteiger partial charge in [-0.3, -0.25) is 9.59 Å². The van der Waals surface area contributed by atoms with Gasteiger partial charge in [0, 0.05) is 10.2 Å². The molecule has 2 N–H and O–H groups in total. The second-order valence-corrected chi connectivity index (χ2v) is 9.93. The summed E-state index contributed by atoms with van der Waals surface area (Å²) in [4.78, 5) is 30.4. The minimum absolute atomic E-state index is 0.0156. The normalized spacial score (nSPS) is 11.2. The fourth-order valence-electron chi connectivity index (χ4n) is 2.50. The molecule has 0 saturated heterocycles. The number of amides is 1. The second kappa shape index (κ2) is 10.1.